The molecule has 25 heavy (non-hydrogen) atoms. The first-order valence-electron chi connectivity index (χ1n) is 7.68. The van der Waals surface area contributed by atoms with Crippen LogP contribution in [0.25, 0.3) is 10.1 Å². The summed E-state index contributed by atoms with van der Waals surface area (Å²) in [6, 6.07) is 11.4. The molecule has 1 heterocycles. The standard InChI is InChI=1S/C19H19NO4S/c1-11-13-7-5-6-8-16(13)25-18(11)19(21)20-12-9-14(22-2)17(24-4)15(10-12)23-3/h5-10H,1-4H3,(H,20,21). The third-order valence-electron chi connectivity index (χ3n) is 3.97. The second-order valence-corrected chi connectivity index (χ2v) is 6.47. The lowest BCUT2D eigenvalue weighted by Gasteiger charge is -2.14. The molecule has 6 heteroatoms. The zero-order valence-electron chi connectivity index (χ0n) is 14.5. The normalized spacial score (nSPS) is 10.6. The van der Waals surface area contributed by atoms with Gasteiger partial charge in [-0.2, -0.15) is 0 Å². The molecule has 0 fully saturated rings. The Balaban J connectivity index is 1.96. The highest BCUT2D eigenvalue weighted by atomic mass is 32.1. The van der Waals surface area contributed by atoms with Crippen LogP contribution in [0.2, 0.25) is 0 Å². The SMILES string of the molecule is COc1cc(NC(=O)c2sc3ccccc3c2C)cc(OC)c1OC. The summed E-state index contributed by atoms with van der Waals surface area (Å²) in [5.41, 5.74) is 1.56. The van der Waals surface area contributed by atoms with E-state index in [1.165, 1.54) is 11.3 Å². The maximum absolute atomic E-state index is 12.7. The van der Waals surface area contributed by atoms with Crippen LogP contribution in [0.1, 0.15) is 15.2 Å². The molecule has 0 bridgehead atoms. The number of hydrogen-bond acceptors (Lipinski definition) is 5. The van der Waals surface area contributed by atoms with Crippen LogP contribution in [0.3, 0.4) is 0 Å². The molecule has 3 aromatic rings. The summed E-state index contributed by atoms with van der Waals surface area (Å²) >= 11 is 1.48. The molecule has 2 aromatic carbocycles. The smallest absolute Gasteiger partial charge is 0.266 e. The van der Waals surface area contributed by atoms with Crippen molar-refractivity contribution in [1.29, 1.82) is 0 Å². The molecule has 3 rings (SSSR count). The number of methoxy groups -OCH3 is 3. The van der Waals surface area contributed by atoms with Gasteiger partial charge in [-0.05, 0) is 23.9 Å². The van der Waals surface area contributed by atoms with Gasteiger partial charge in [0.05, 0.1) is 26.2 Å². The van der Waals surface area contributed by atoms with Crippen molar-refractivity contribution in [3.8, 4) is 17.2 Å². The molecule has 130 valence electrons. The Morgan fingerprint density at radius 2 is 1.64 bits per heavy atom. The molecule has 0 atom stereocenters. The lowest BCUT2D eigenvalue weighted by molar-refractivity contribution is 0.103. The lowest BCUT2D eigenvalue weighted by atomic mass is 10.1. The Hall–Kier alpha value is -2.73. The number of nitrogens with one attached hydrogen (secondary N) is 1. The summed E-state index contributed by atoms with van der Waals surface area (Å²) in [5, 5.41) is 4.02. The molecule has 5 nitrogen and oxygen atoms in total. The summed E-state index contributed by atoms with van der Waals surface area (Å²) in [7, 11) is 4.62. The predicted molar refractivity (Wildman–Crippen MR) is 101 cm³/mol. The molecular formula is C19H19NO4S. The molecule has 0 aliphatic carbocycles. The van der Waals surface area contributed by atoms with Crippen molar-refractivity contribution in [3.63, 3.8) is 0 Å². The molecule has 1 aromatic heterocycles. The molecule has 0 spiro atoms. The fourth-order valence-electron chi connectivity index (χ4n) is 2.73. The average molecular weight is 357 g/mol. The van der Waals surface area contributed by atoms with E-state index in [-0.39, 0.29) is 5.91 Å². The van der Waals surface area contributed by atoms with Gasteiger partial charge in [0.25, 0.3) is 5.91 Å². The molecule has 0 saturated heterocycles. The summed E-state index contributed by atoms with van der Waals surface area (Å²) in [4.78, 5) is 13.4. The monoisotopic (exact) mass is 357 g/mol. The van der Waals surface area contributed by atoms with Crippen LogP contribution >= 0.6 is 11.3 Å². The van der Waals surface area contributed by atoms with Gasteiger partial charge < -0.3 is 19.5 Å². The quantitative estimate of drug-likeness (QED) is 0.731. The first kappa shape index (κ1) is 17.1. The first-order chi connectivity index (χ1) is 12.1. The Bertz CT molecular complexity index is 907. The maximum atomic E-state index is 12.7. The van der Waals surface area contributed by atoms with Crippen molar-refractivity contribution in [3.05, 3.63) is 46.8 Å². The van der Waals surface area contributed by atoms with Gasteiger partial charge in [-0.3, -0.25) is 4.79 Å². The number of ether oxygens (including phenoxy) is 3. The maximum Gasteiger partial charge on any atom is 0.266 e. The summed E-state index contributed by atoms with van der Waals surface area (Å²) in [5.74, 6) is 1.31. The van der Waals surface area contributed by atoms with E-state index in [1.54, 1.807) is 33.5 Å². The minimum absolute atomic E-state index is 0.159. The Morgan fingerprint density at radius 3 is 2.20 bits per heavy atom. The van der Waals surface area contributed by atoms with E-state index in [0.29, 0.717) is 27.8 Å². The van der Waals surface area contributed by atoms with E-state index < -0.39 is 0 Å². The fraction of sp³-hybridized carbons (Fsp3) is 0.211. The average Bonchev–Trinajstić information content (AvgIpc) is 2.98. The minimum Gasteiger partial charge on any atom is -0.493 e. The largest absolute Gasteiger partial charge is 0.493 e. The molecule has 1 amide bonds. The first-order valence-corrected chi connectivity index (χ1v) is 8.50. The van der Waals surface area contributed by atoms with E-state index in [1.807, 2.05) is 31.2 Å². The van der Waals surface area contributed by atoms with Crippen molar-refractivity contribution >= 4 is 33.0 Å². The number of anilines is 1. The Labute approximate surface area is 150 Å². The number of benzene rings is 2. The highest BCUT2D eigenvalue weighted by molar-refractivity contribution is 7.21. The van der Waals surface area contributed by atoms with Gasteiger partial charge in [-0.15, -0.1) is 11.3 Å². The lowest BCUT2D eigenvalue weighted by Crippen LogP contribution is -2.11. The van der Waals surface area contributed by atoms with E-state index in [2.05, 4.69) is 5.32 Å². The number of carbonyl (C=O) groups excluding carboxylic acids is 1. The number of amides is 1. The predicted octanol–water partition coefficient (Wildman–Crippen LogP) is 4.49. The number of thiophene rings is 1. The van der Waals surface area contributed by atoms with E-state index >= 15 is 0 Å². The van der Waals surface area contributed by atoms with Crippen LogP contribution in [-0.4, -0.2) is 27.2 Å². The highest BCUT2D eigenvalue weighted by Gasteiger charge is 2.18. The summed E-state index contributed by atoms with van der Waals surface area (Å²) in [6.45, 7) is 1.96. The van der Waals surface area contributed by atoms with Gasteiger partial charge in [0, 0.05) is 22.5 Å². The molecule has 0 aliphatic heterocycles. The second kappa shape index (κ2) is 7.03. The zero-order valence-corrected chi connectivity index (χ0v) is 15.3. The second-order valence-electron chi connectivity index (χ2n) is 5.42. The van der Waals surface area contributed by atoms with Gasteiger partial charge in [-0.25, -0.2) is 0 Å². The van der Waals surface area contributed by atoms with Crippen LogP contribution < -0.4 is 19.5 Å². The third kappa shape index (κ3) is 3.13. The Kier molecular flexibility index (Phi) is 4.81. The number of hydrogen-bond donors (Lipinski definition) is 1. The van der Waals surface area contributed by atoms with E-state index in [4.69, 9.17) is 14.2 Å². The topological polar surface area (TPSA) is 56.8 Å². The van der Waals surface area contributed by atoms with Crippen molar-refractivity contribution in [2.24, 2.45) is 0 Å². The number of carbonyl (C=O) groups is 1. The van der Waals surface area contributed by atoms with E-state index in [9.17, 15) is 4.79 Å². The molecule has 0 unspecified atom stereocenters. The van der Waals surface area contributed by atoms with E-state index in [0.717, 1.165) is 15.6 Å². The Morgan fingerprint density at radius 1 is 1.00 bits per heavy atom. The number of aryl methyl sites for hydroxylation is 1. The highest BCUT2D eigenvalue weighted by Crippen LogP contribution is 2.40. The third-order valence-corrected chi connectivity index (χ3v) is 5.24. The number of rotatable bonds is 5. The molecule has 0 saturated carbocycles. The molecule has 1 N–H and O–H groups in total. The van der Waals surface area contributed by atoms with Crippen molar-refractivity contribution in [2.45, 2.75) is 6.92 Å². The minimum atomic E-state index is -0.159. The van der Waals surface area contributed by atoms with Gasteiger partial charge in [-0.1, -0.05) is 18.2 Å². The van der Waals surface area contributed by atoms with Crippen LogP contribution in [0.4, 0.5) is 5.69 Å². The van der Waals surface area contributed by atoms with Crippen LogP contribution in [0, 0.1) is 6.92 Å². The molecular weight excluding hydrogens is 338 g/mol. The van der Waals surface area contributed by atoms with Crippen LogP contribution in [0.5, 0.6) is 17.2 Å². The number of fused-ring (bicyclic) bond motifs is 1. The van der Waals surface area contributed by atoms with Crippen molar-refractivity contribution < 1.29 is 19.0 Å². The zero-order chi connectivity index (χ0) is 18.0. The van der Waals surface area contributed by atoms with Gasteiger partial charge in [0.2, 0.25) is 5.75 Å². The van der Waals surface area contributed by atoms with Crippen LogP contribution in [-0.2, 0) is 0 Å². The van der Waals surface area contributed by atoms with Gasteiger partial charge in [0.1, 0.15) is 0 Å². The summed E-state index contributed by atoms with van der Waals surface area (Å²) < 4.78 is 17.0. The van der Waals surface area contributed by atoms with Gasteiger partial charge in [0.15, 0.2) is 11.5 Å². The molecule has 0 aliphatic rings. The van der Waals surface area contributed by atoms with Gasteiger partial charge >= 0.3 is 0 Å². The molecule has 0 radical (unpaired) electrons. The van der Waals surface area contributed by atoms with Crippen molar-refractivity contribution in [1.82, 2.24) is 0 Å². The van der Waals surface area contributed by atoms with Crippen LogP contribution in [0.15, 0.2) is 36.4 Å². The van der Waals surface area contributed by atoms with Crippen molar-refractivity contribution in [2.75, 3.05) is 26.6 Å². The fourth-order valence-corrected chi connectivity index (χ4v) is 3.84. The summed E-state index contributed by atoms with van der Waals surface area (Å²) in [6.07, 6.45) is 0.